The molecule has 0 saturated carbocycles. The molecule has 1 unspecified atom stereocenters. The maximum Gasteiger partial charge on any atom is 0.248 e. The van der Waals surface area contributed by atoms with Gasteiger partial charge in [0.2, 0.25) is 5.91 Å². The SMILES string of the molecule is O=C1CC2Cc3ccccc3C2=NN1c1ccc(Cl)cc1. The summed E-state index contributed by atoms with van der Waals surface area (Å²) in [6.45, 7) is 0. The highest BCUT2D eigenvalue weighted by Gasteiger charge is 2.36. The highest BCUT2D eigenvalue weighted by molar-refractivity contribution is 6.30. The van der Waals surface area contributed by atoms with Gasteiger partial charge in [-0.25, -0.2) is 5.01 Å². The molecule has 0 N–H and O–H groups in total. The lowest BCUT2D eigenvalue weighted by Crippen LogP contribution is -2.35. The Bertz CT molecular complexity index is 752. The van der Waals surface area contributed by atoms with E-state index >= 15 is 0 Å². The number of rotatable bonds is 1. The molecular weight excluding hydrogens is 284 g/mol. The molecule has 3 nitrogen and oxygen atoms in total. The van der Waals surface area contributed by atoms with Crippen LogP contribution in [-0.4, -0.2) is 11.6 Å². The van der Waals surface area contributed by atoms with E-state index in [9.17, 15) is 4.79 Å². The van der Waals surface area contributed by atoms with Gasteiger partial charge in [0.05, 0.1) is 11.4 Å². The zero-order valence-electron chi connectivity index (χ0n) is 11.3. The van der Waals surface area contributed by atoms with E-state index < -0.39 is 0 Å². The average Bonchev–Trinajstić information content (AvgIpc) is 2.84. The van der Waals surface area contributed by atoms with Gasteiger partial charge in [0.1, 0.15) is 0 Å². The number of hydrogen-bond acceptors (Lipinski definition) is 2. The van der Waals surface area contributed by atoms with Gasteiger partial charge in [-0.05, 0) is 36.2 Å². The summed E-state index contributed by atoms with van der Waals surface area (Å²) in [5.41, 5.74) is 4.25. The molecule has 1 atom stereocenters. The Morgan fingerprint density at radius 1 is 1.05 bits per heavy atom. The van der Waals surface area contributed by atoms with Crippen LogP contribution in [0.15, 0.2) is 53.6 Å². The largest absolute Gasteiger partial charge is 0.273 e. The number of hydrazone groups is 1. The summed E-state index contributed by atoms with van der Waals surface area (Å²) in [5.74, 6) is 0.261. The Kier molecular flexibility index (Phi) is 2.82. The second-order valence-electron chi connectivity index (χ2n) is 5.43. The molecule has 2 aromatic carbocycles. The Labute approximate surface area is 127 Å². The summed E-state index contributed by atoms with van der Waals surface area (Å²) in [4.78, 5) is 12.4. The van der Waals surface area contributed by atoms with Gasteiger partial charge in [0, 0.05) is 22.9 Å². The van der Waals surface area contributed by atoms with Crippen molar-refractivity contribution in [3.05, 3.63) is 64.7 Å². The van der Waals surface area contributed by atoms with Crippen LogP contribution in [0.3, 0.4) is 0 Å². The fraction of sp³-hybridized carbons (Fsp3) is 0.176. The number of carbonyl (C=O) groups excluding carboxylic acids is 1. The monoisotopic (exact) mass is 296 g/mol. The minimum absolute atomic E-state index is 0.0406. The summed E-state index contributed by atoms with van der Waals surface area (Å²) in [7, 11) is 0. The third-order valence-electron chi connectivity index (χ3n) is 4.08. The Balaban J connectivity index is 1.78. The fourth-order valence-corrected chi connectivity index (χ4v) is 3.21. The highest BCUT2D eigenvalue weighted by Crippen LogP contribution is 2.34. The van der Waals surface area contributed by atoms with E-state index in [2.05, 4.69) is 17.2 Å². The van der Waals surface area contributed by atoms with Gasteiger partial charge < -0.3 is 0 Å². The van der Waals surface area contributed by atoms with Crippen LogP contribution in [0.2, 0.25) is 5.02 Å². The molecule has 0 radical (unpaired) electrons. The number of amides is 1. The van der Waals surface area contributed by atoms with Crippen molar-refractivity contribution in [3.8, 4) is 0 Å². The molecule has 0 spiro atoms. The number of carbonyl (C=O) groups is 1. The Morgan fingerprint density at radius 2 is 1.81 bits per heavy atom. The molecule has 1 aliphatic carbocycles. The van der Waals surface area contributed by atoms with Crippen LogP contribution in [-0.2, 0) is 11.2 Å². The minimum atomic E-state index is 0.0406. The number of fused-ring (bicyclic) bond motifs is 3. The molecule has 0 fully saturated rings. The van der Waals surface area contributed by atoms with Crippen LogP contribution in [0.5, 0.6) is 0 Å². The van der Waals surface area contributed by atoms with E-state index in [0.717, 1.165) is 17.8 Å². The number of anilines is 1. The Morgan fingerprint density at radius 3 is 2.62 bits per heavy atom. The van der Waals surface area contributed by atoms with E-state index in [1.165, 1.54) is 16.1 Å². The van der Waals surface area contributed by atoms with Crippen molar-refractivity contribution in [2.75, 3.05) is 5.01 Å². The van der Waals surface area contributed by atoms with E-state index in [4.69, 9.17) is 11.6 Å². The molecule has 1 amide bonds. The molecule has 0 aromatic heterocycles. The van der Waals surface area contributed by atoms with Gasteiger partial charge in [0.15, 0.2) is 0 Å². The van der Waals surface area contributed by atoms with E-state index in [1.54, 1.807) is 12.1 Å². The molecule has 104 valence electrons. The maximum absolute atomic E-state index is 12.4. The molecule has 4 heteroatoms. The minimum Gasteiger partial charge on any atom is -0.273 e. The van der Waals surface area contributed by atoms with Crippen LogP contribution in [0.25, 0.3) is 0 Å². The predicted octanol–water partition coefficient (Wildman–Crippen LogP) is 3.65. The molecule has 1 heterocycles. The van der Waals surface area contributed by atoms with E-state index in [-0.39, 0.29) is 11.8 Å². The number of nitrogens with zero attached hydrogens (tertiary/aromatic N) is 2. The molecule has 21 heavy (non-hydrogen) atoms. The third kappa shape index (κ3) is 2.05. The van der Waals surface area contributed by atoms with Gasteiger partial charge in [-0.2, -0.15) is 5.10 Å². The first kappa shape index (κ1) is 12.6. The quantitative estimate of drug-likeness (QED) is 0.790. The number of halogens is 1. The highest BCUT2D eigenvalue weighted by atomic mass is 35.5. The van der Waals surface area contributed by atoms with Crippen molar-refractivity contribution in [3.63, 3.8) is 0 Å². The van der Waals surface area contributed by atoms with Crippen LogP contribution < -0.4 is 5.01 Å². The van der Waals surface area contributed by atoms with Gasteiger partial charge >= 0.3 is 0 Å². The van der Waals surface area contributed by atoms with Crippen molar-refractivity contribution in [2.24, 2.45) is 11.0 Å². The predicted molar refractivity (Wildman–Crippen MR) is 83.7 cm³/mol. The van der Waals surface area contributed by atoms with Crippen LogP contribution in [0.1, 0.15) is 17.5 Å². The van der Waals surface area contributed by atoms with Crippen molar-refractivity contribution < 1.29 is 4.79 Å². The summed E-state index contributed by atoms with van der Waals surface area (Å²) in [6.07, 6.45) is 1.42. The molecule has 4 rings (SSSR count). The zero-order valence-corrected chi connectivity index (χ0v) is 12.0. The van der Waals surface area contributed by atoms with Crippen LogP contribution in [0, 0.1) is 5.92 Å². The first-order chi connectivity index (χ1) is 10.2. The summed E-state index contributed by atoms with van der Waals surface area (Å²) >= 11 is 5.90. The molecule has 0 saturated heterocycles. The zero-order chi connectivity index (χ0) is 14.4. The number of hydrogen-bond donors (Lipinski definition) is 0. The Hall–Kier alpha value is -2.13. The second kappa shape index (κ2) is 4.71. The number of benzene rings is 2. The van der Waals surface area contributed by atoms with Gasteiger partial charge in [-0.15, -0.1) is 0 Å². The summed E-state index contributed by atoms with van der Waals surface area (Å²) in [6, 6.07) is 15.5. The standard InChI is InChI=1S/C17H13ClN2O/c18-13-5-7-14(8-6-13)20-16(21)10-12-9-11-3-1-2-4-15(11)17(12)19-20/h1-8,12H,9-10H2. The normalized spacial score (nSPS) is 20.0. The molecule has 0 bridgehead atoms. The van der Waals surface area contributed by atoms with Crippen LogP contribution >= 0.6 is 11.6 Å². The van der Waals surface area contributed by atoms with Crippen LogP contribution in [0.4, 0.5) is 5.69 Å². The molecule has 2 aliphatic rings. The second-order valence-corrected chi connectivity index (χ2v) is 5.87. The fourth-order valence-electron chi connectivity index (χ4n) is 3.08. The topological polar surface area (TPSA) is 32.7 Å². The van der Waals surface area contributed by atoms with Gasteiger partial charge in [-0.3, -0.25) is 4.79 Å². The molecule has 2 aromatic rings. The maximum atomic E-state index is 12.4. The van der Waals surface area contributed by atoms with Crippen molar-refractivity contribution in [2.45, 2.75) is 12.8 Å². The van der Waals surface area contributed by atoms with Gasteiger partial charge in [0.25, 0.3) is 0 Å². The van der Waals surface area contributed by atoms with Crippen molar-refractivity contribution in [1.82, 2.24) is 0 Å². The summed E-state index contributed by atoms with van der Waals surface area (Å²) < 4.78 is 0. The lowest BCUT2D eigenvalue weighted by atomic mass is 9.98. The first-order valence-corrected chi connectivity index (χ1v) is 7.35. The smallest absolute Gasteiger partial charge is 0.248 e. The van der Waals surface area contributed by atoms with E-state index in [1.807, 2.05) is 24.3 Å². The van der Waals surface area contributed by atoms with Gasteiger partial charge in [-0.1, -0.05) is 35.9 Å². The molecule has 1 aliphatic heterocycles. The lowest BCUT2D eigenvalue weighted by Gasteiger charge is -2.26. The average molecular weight is 297 g/mol. The third-order valence-corrected chi connectivity index (χ3v) is 4.33. The van der Waals surface area contributed by atoms with Crippen molar-refractivity contribution in [1.29, 1.82) is 0 Å². The lowest BCUT2D eigenvalue weighted by molar-refractivity contribution is -0.119. The summed E-state index contributed by atoms with van der Waals surface area (Å²) in [5, 5.41) is 6.78. The van der Waals surface area contributed by atoms with E-state index in [0.29, 0.717) is 11.4 Å². The first-order valence-electron chi connectivity index (χ1n) is 6.97. The van der Waals surface area contributed by atoms with Crippen molar-refractivity contribution >= 4 is 28.9 Å². The molecular formula is C17H13ClN2O.